The molecule has 1 heterocycles. The van der Waals surface area contributed by atoms with Gasteiger partial charge < -0.3 is 20.6 Å². The molecule has 11 heteroatoms. The van der Waals surface area contributed by atoms with E-state index in [1.165, 1.54) is 0 Å². The minimum atomic E-state index is -4.83. The van der Waals surface area contributed by atoms with Crippen LogP contribution in [0.5, 0.6) is 0 Å². The van der Waals surface area contributed by atoms with Crippen LogP contribution in [0.4, 0.5) is 24.5 Å². The number of aliphatic hydroxyl groups excluding tert-OH is 3. The molecule has 0 spiro atoms. The van der Waals surface area contributed by atoms with Crippen molar-refractivity contribution >= 4 is 11.4 Å². The topological polar surface area (TPSA) is 129 Å². The van der Waals surface area contributed by atoms with Crippen LogP contribution in [0.1, 0.15) is 5.69 Å². The standard InChI is InChI=1S/C10H12F3N3O5/c11-10(12,13)8-1-6(7(2-14-8)16(20)21)15-9(3-17,4-18)5-19/h1-2,17-19H,3-5H2,(H,14,15). The predicted octanol–water partition coefficient (Wildman–Crippen LogP) is 0.136. The van der Waals surface area contributed by atoms with Gasteiger partial charge in [0, 0.05) is 0 Å². The normalized spacial score (nSPS) is 12.3. The molecule has 0 saturated carbocycles. The van der Waals surface area contributed by atoms with Crippen LogP contribution < -0.4 is 5.32 Å². The highest BCUT2D eigenvalue weighted by Crippen LogP contribution is 2.34. The molecular formula is C10H12F3N3O5. The summed E-state index contributed by atoms with van der Waals surface area (Å²) in [5.41, 5.74) is -4.62. The lowest BCUT2D eigenvalue weighted by Crippen LogP contribution is -2.49. The maximum atomic E-state index is 12.6. The summed E-state index contributed by atoms with van der Waals surface area (Å²) < 4.78 is 37.7. The number of aromatic nitrogens is 1. The number of hydrogen-bond donors (Lipinski definition) is 4. The number of nitrogens with one attached hydrogen (secondary N) is 1. The van der Waals surface area contributed by atoms with Gasteiger partial charge in [0.2, 0.25) is 0 Å². The largest absolute Gasteiger partial charge is 0.433 e. The Morgan fingerprint density at radius 1 is 1.24 bits per heavy atom. The van der Waals surface area contributed by atoms with E-state index < -0.39 is 53.5 Å². The second kappa shape index (κ2) is 6.20. The number of anilines is 1. The molecule has 0 radical (unpaired) electrons. The van der Waals surface area contributed by atoms with E-state index in [9.17, 15) is 23.3 Å². The SMILES string of the molecule is O=[N+]([O-])c1cnc(C(F)(F)F)cc1NC(CO)(CO)CO. The fourth-order valence-electron chi connectivity index (χ4n) is 1.40. The summed E-state index contributed by atoms with van der Waals surface area (Å²) in [6.07, 6.45) is -4.42. The molecule has 1 rings (SSSR count). The van der Waals surface area contributed by atoms with E-state index in [0.717, 1.165) is 0 Å². The molecule has 0 atom stereocenters. The highest BCUT2D eigenvalue weighted by Gasteiger charge is 2.36. The fourth-order valence-corrected chi connectivity index (χ4v) is 1.40. The van der Waals surface area contributed by atoms with E-state index in [2.05, 4.69) is 10.3 Å². The lowest BCUT2D eigenvalue weighted by molar-refractivity contribution is -0.384. The smallest absolute Gasteiger partial charge is 0.394 e. The lowest BCUT2D eigenvalue weighted by atomic mass is 10.0. The minimum Gasteiger partial charge on any atom is -0.394 e. The van der Waals surface area contributed by atoms with Crippen LogP contribution in [0, 0.1) is 10.1 Å². The Kier molecular flexibility index (Phi) is 5.04. The van der Waals surface area contributed by atoms with E-state index in [1.807, 2.05) is 0 Å². The van der Waals surface area contributed by atoms with E-state index in [4.69, 9.17) is 15.3 Å². The van der Waals surface area contributed by atoms with Crippen molar-refractivity contribution in [3.8, 4) is 0 Å². The van der Waals surface area contributed by atoms with E-state index in [1.54, 1.807) is 0 Å². The lowest BCUT2D eigenvalue weighted by Gasteiger charge is -2.29. The van der Waals surface area contributed by atoms with Gasteiger partial charge in [0.05, 0.1) is 24.7 Å². The first-order valence-corrected chi connectivity index (χ1v) is 5.51. The van der Waals surface area contributed by atoms with Gasteiger partial charge in [-0.15, -0.1) is 0 Å². The number of nitrogens with zero attached hydrogens (tertiary/aromatic N) is 2. The van der Waals surface area contributed by atoms with Gasteiger partial charge in [-0.25, -0.2) is 4.98 Å². The molecule has 118 valence electrons. The molecule has 0 fully saturated rings. The third-order valence-corrected chi connectivity index (χ3v) is 2.68. The van der Waals surface area contributed by atoms with E-state index >= 15 is 0 Å². The van der Waals surface area contributed by atoms with Crippen LogP contribution in [0.25, 0.3) is 0 Å². The second-order valence-electron chi connectivity index (χ2n) is 4.22. The Morgan fingerprint density at radius 3 is 2.14 bits per heavy atom. The van der Waals surface area contributed by atoms with Crippen LogP contribution in [-0.4, -0.2) is 50.6 Å². The fraction of sp³-hybridized carbons (Fsp3) is 0.500. The monoisotopic (exact) mass is 311 g/mol. The van der Waals surface area contributed by atoms with Gasteiger partial charge >= 0.3 is 11.9 Å². The van der Waals surface area contributed by atoms with Gasteiger partial charge in [0.1, 0.15) is 23.1 Å². The number of rotatable bonds is 6. The second-order valence-corrected chi connectivity index (χ2v) is 4.22. The minimum absolute atomic E-state index is 0.369. The van der Waals surface area contributed by atoms with Gasteiger partial charge in [-0.3, -0.25) is 10.1 Å². The van der Waals surface area contributed by atoms with Crippen LogP contribution in [-0.2, 0) is 6.18 Å². The van der Waals surface area contributed by atoms with Gasteiger partial charge in [-0.05, 0) is 6.07 Å². The van der Waals surface area contributed by atoms with E-state index in [-0.39, 0.29) is 0 Å². The Hall–Kier alpha value is -1.98. The van der Waals surface area contributed by atoms with Crippen molar-refractivity contribution in [1.82, 2.24) is 4.98 Å². The van der Waals surface area contributed by atoms with Crippen molar-refractivity contribution in [2.45, 2.75) is 11.7 Å². The molecule has 1 aromatic heterocycles. The average Bonchev–Trinajstić information content (AvgIpc) is 2.43. The average molecular weight is 311 g/mol. The first-order chi connectivity index (χ1) is 9.69. The summed E-state index contributed by atoms with van der Waals surface area (Å²) in [6.45, 7) is -2.58. The maximum Gasteiger partial charge on any atom is 0.433 e. The van der Waals surface area contributed by atoms with Crippen LogP contribution in [0.15, 0.2) is 12.3 Å². The Bertz CT molecular complexity index is 511. The Labute approximate surface area is 116 Å². The zero-order chi connectivity index (χ0) is 16.3. The molecular weight excluding hydrogens is 299 g/mol. The third kappa shape index (κ3) is 3.77. The van der Waals surface area contributed by atoms with E-state index in [0.29, 0.717) is 12.3 Å². The van der Waals surface area contributed by atoms with Crippen molar-refractivity contribution in [2.75, 3.05) is 25.1 Å². The van der Waals surface area contributed by atoms with Gasteiger partial charge in [-0.2, -0.15) is 13.2 Å². The summed E-state index contributed by atoms with van der Waals surface area (Å²) in [5.74, 6) is 0. The van der Waals surface area contributed by atoms with Crippen molar-refractivity contribution in [1.29, 1.82) is 0 Å². The molecule has 21 heavy (non-hydrogen) atoms. The summed E-state index contributed by atoms with van der Waals surface area (Å²) >= 11 is 0. The zero-order valence-corrected chi connectivity index (χ0v) is 10.5. The van der Waals surface area contributed by atoms with Gasteiger partial charge in [0.15, 0.2) is 0 Å². The summed E-state index contributed by atoms with van der Waals surface area (Å²) in [4.78, 5) is 12.8. The summed E-state index contributed by atoms with van der Waals surface area (Å²) in [7, 11) is 0. The number of hydrogen-bond acceptors (Lipinski definition) is 7. The molecule has 0 aromatic carbocycles. The number of alkyl halides is 3. The molecule has 0 saturated heterocycles. The zero-order valence-electron chi connectivity index (χ0n) is 10.5. The molecule has 0 aliphatic carbocycles. The molecule has 0 amide bonds. The first-order valence-electron chi connectivity index (χ1n) is 5.51. The highest BCUT2D eigenvalue weighted by atomic mass is 19.4. The van der Waals surface area contributed by atoms with Crippen molar-refractivity contribution in [2.24, 2.45) is 0 Å². The van der Waals surface area contributed by atoms with Crippen molar-refractivity contribution < 1.29 is 33.4 Å². The predicted molar refractivity (Wildman–Crippen MR) is 63.5 cm³/mol. The quantitative estimate of drug-likeness (QED) is 0.434. The highest BCUT2D eigenvalue weighted by molar-refractivity contribution is 5.62. The Morgan fingerprint density at radius 2 is 1.76 bits per heavy atom. The van der Waals surface area contributed by atoms with Gasteiger partial charge in [0.25, 0.3) is 0 Å². The number of aliphatic hydroxyl groups is 3. The molecule has 0 bridgehead atoms. The Balaban J connectivity index is 3.33. The molecule has 0 aliphatic rings. The molecule has 8 nitrogen and oxygen atoms in total. The number of pyridine rings is 1. The summed E-state index contributed by atoms with van der Waals surface area (Å²) in [5, 5.41) is 40.3. The molecule has 0 aliphatic heterocycles. The van der Waals surface area contributed by atoms with Crippen LogP contribution >= 0.6 is 0 Å². The molecule has 4 N–H and O–H groups in total. The van der Waals surface area contributed by atoms with Crippen LogP contribution in [0.3, 0.4) is 0 Å². The van der Waals surface area contributed by atoms with Crippen LogP contribution in [0.2, 0.25) is 0 Å². The number of halogens is 3. The van der Waals surface area contributed by atoms with Crippen molar-refractivity contribution in [3.63, 3.8) is 0 Å². The summed E-state index contributed by atoms with van der Waals surface area (Å²) in [6, 6.07) is 0.369. The molecule has 1 aromatic rings. The first kappa shape index (κ1) is 17.1. The van der Waals surface area contributed by atoms with Crippen molar-refractivity contribution in [3.05, 3.63) is 28.1 Å². The van der Waals surface area contributed by atoms with Gasteiger partial charge in [-0.1, -0.05) is 0 Å². The number of nitro groups is 1. The maximum absolute atomic E-state index is 12.6. The molecule has 0 unspecified atom stereocenters. The third-order valence-electron chi connectivity index (χ3n) is 2.68.